The summed E-state index contributed by atoms with van der Waals surface area (Å²) in [6.07, 6.45) is 3.93. The fourth-order valence-corrected chi connectivity index (χ4v) is 1.09. The molecule has 2 heteroatoms. The van der Waals surface area contributed by atoms with Gasteiger partial charge in [0, 0.05) is 18.6 Å². The van der Waals surface area contributed by atoms with Gasteiger partial charge in [-0.1, -0.05) is 19.8 Å². The minimum atomic E-state index is 0.578. The molecule has 2 unspecified atom stereocenters. The molecule has 2 nitrogen and oxygen atoms in total. The second kappa shape index (κ2) is 7.56. The quantitative estimate of drug-likeness (QED) is 0.611. The van der Waals surface area contributed by atoms with Gasteiger partial charge in [-0.05, 0) is 27.3 Å². The van der Waals surface area contributed by atoms with Crippen LogP contribution in [0.3, 0.4) is 0 Å². The Labute approximate surface area is 77.1 Å². The zero-order valence-electron chi connectivity index (χ0n) is 8.98. The molecular formula is C10H24N2. The Balaban J connectivity index is 3.24. The summed E-state index contributed by atoms with van der Waals surface area (Å²) in [5.41, 5.74) is 0. The van der Waals surface area contributed by atoms with Crippen molar-refractivity contribution in [3.8, 4) is 0 Å². The normalized spacial score (nSPS) is 16.0. The van der Waals surface area contributed by atoms with E-state index >= 15 is 0 Å². The molecule has 2 N–H and O–H groups in total. The molecule has 0 spiro atoms. The van der Waals surface area contributed by atoms with Crippen molar-refractivity contribution in [1.29, 1.82) is 0 Å². The van der Waals surface area contributed by atoms with Crippen molar-refractivity contribution in [2.24, 2.45) is 0 Å². The maximum atomic E-state index is 3.51. The molecule has 0 bridgehead atoms. The van der Waals surface area contributed by atoms with Crippen LogP contribution in [0.5, 0.6) is 0 Å². The van der Waals surface area contributed by atoms with Crippen LogP contribution >= 0.6 is 0 Å². The van der Waals surface area contributed by atoms with E-state index in [9.17, 15) is 0 Å². The van der Waals surface area contributed by atoms with E-state index in [4.69, 9.17) is 0 Å². The van der Waals surface area contributed by atoms with E-state index in [0.29, 0.717) is 12.1 Å². The van der Waals surface area contributed by atoms with Crippen molar-refractivity contribution in [1.82, 2.24) is 10.6 Å². The summed E-state index contributed by atoms with van der Waals surface area (Å²) in [5, 5.41) is 6.72. The van der Waals surface area contributed by atoms with Crippen molar-refractivity contribution in [3.05, 3.63) is 0 Å². The number of rotatable bonds is 7. The van der Waals surface area contributed by atoms with E-state index in [2.05, 4.69) is 31.4 Å². The average Bonchev–Trinajstić information content (AvgIpc) is 2.10. The maximum absolute atomic E-state index is 3.51. The first-order valence-corrected chi connectivity index (χ1v) is 5.11. The van der Waals surface area contributed by atoms with Crippen LogP contribution in [0.4, 0.5) is 0 Å². The van der Waals surface area contributed by atoms with E-state index < -0.39 is 0 Å². The standard InChI is InChI=1S/C10H24N2/c1-5-6-7-9(2)12-8-10(3)11-4/h9-12H,5-8H2,1-4H3. The summed E-state index contributed by atoms with van der Waals surface area (Å²) in [7, 11) is 2.00. The molecule has 0 heterocycles. The molecule has 0 aliphatic rings. The third kappa shape index (κ3) is 6.62. The fraction of sp³-hybridized carbons (Fsp3) is 1.00. The molecule has 0 aliphatic carbocycles. The van der Waals surface area contributed by atoms with Crippen LogP contribution in [0.1, 0.15) is 40.0 Å². The lowest BCUT2D eigenvalue weighted by atomic mass is 10.1. The van der Waals surface area contributed by atoms with Gasteiger partial charge in [0.1, 0.15) is 0 Å². The smallest absolute Gasteiger partial charge is 0.0161 e. The topological polar surface area (TPSA) is 24.1 Å². The van der Waals surface area contributed by atoms with Crippen molar-refractivity contribution in [2.45, 2.75) is 52.1 Å². The van der Waals surface area contributed by atoms with E-state index in [0.717, 1.165) is 6.54 Å². The van der Waals surface area contributed by atoms with Gasteiger partial charge in [-0.3, -0.25) is 0 Å². The molecule has 0 aromatic heterocycles. The highest BCUT2D eigenvalue weighted by molar-refractivity contribution is 4.66. The van der Waals surface area contributed by atoms with Gasteiger partial charge >= 0.3 is 0 Å². The van der Waals surface area contributed by atoms with Crippen molar-refractivity contribution in [3.63, 3.8) is 0 Å². The van der Waals surface area contributed by atoms with Crippen LogP contribution in [-0.4, -0.2) is 25.7 Å². The summed E-state index contributed by atoms with van der Waals surface area (Å²) in [6, 6.07) is 1.25. The van der Waals surface area contributed by atoms with Crippen LogP contribution in [0.25, 0.3) is 0 Å². The predicted molar refractivity (Wildman–Crippen MR) is 55.5 cm³/mol. The molecule has 0 rings (SSSR count). The van der Waals surface area contributed by atoms with Crippen molar-refractivity contribution >= 4 is 0 Å². The van der Waals surface area contributed by atoms with E-state index in [1.807, 2.05) is 7.05 Å². The summed E-state index contributed by atoms with van der Waals surface area (Å²) in [5.74, 6) is 0. The van der Waals surface area contributed by atoms with Crippen LogP contribution in [0, 0.1) is 0 Å². The Morgan fingerprint density at radius 3 is 2.33 bits per heavy atom. The van der Waals surface area contributed by atoms with E-state index in [1.54, 1.807) is 0 Å². The second-order valence-electron chi connectivity index (χ2n) is 3.64. The highest BCUT2D eigenvalue weighted by atomic mass is 15.0. The van der Waals surface area contributed by atoms with Crippen molar-refractivity contribution in [2.75, 3.05) is 13.6 Å². The zero-order chi connectivity index (χ0) is 9.40. The van der Waals surface area contributed by atoms with Crippen LogP contribution in [0.2, 0.25) is 0 Å². The number of likely N-dealkylation sites (N-methyl/N-ethyl adjacent to an activating group) is 1. The lowest BCUT2D eigenvalue weighted by Crippen LogP contribution is -2.38. The Hall–Kier alpha value is -0.0800. The molecule has 0 aromatic carbocycles. The van der Waals surface area contributed by atoms with Gasteiger partial charge < -0.3 is 10.6 Å². The van der Waals surface area contributed by atoms with Gasteiger partial charge in [0.2, 0.25) is 0 Å². The number of hydrogen-bond donors (Lipinski definition) is 2. The predicted octanol–water partition coefficient (Wildman–Crippen LogP) is 1.76. The number of nitrogens with one attached hydrogen (secondary N) is 2. The first-order valence-electron chi connectivity index (χ1n) is 5.11. The molecule has 0 fully saturated rings. The van der Waals surface area contributed by atoms with Crippen LogP contribution in [-0.2, 0) is 0 Å². The highest BCUT2D eigenvalue weighted by Gasteiger charge is 2.02. The molecule has 2 atom stereocenters. The van der Waals surface area contributed by atoms with Gasteiger partial charge in [0.15, 0.2) is 0 Å². The highest BCUT2D eigenvalue weighted by Crippen LogP contribution is 1.98. The van der Waals surface area contributed by atoms with Gasteiger partial charge in [0.25, 0.3) is 0 Å². The number of unbranched alkanes of at least 4 members (excludes halogenated alkanes) is 1. The maximum Gasteiger partial charge on any atom is 0.0161 e. The molecule has 0 saturated heterocycles. The van der Waals surface area contributed by atoms with Crippen molar-refractivity contribution < 1.29 is 0 Å². The van der Waals surface area contributed by atoms with Gasteiger partial charge in [-0.2, -0.15) is 0 Å². The second-order valence-corrected chi connectivity index (χ2v) is 3.64. The summed E-state index contributed by atoms with van der Waals surface area (Å²) < 4.78 is 0. The zero-order valence-corrected chi connectivity index (χ0v) is 8.98. The van der Waals surface area contributed by atoms with Crippen LogP contribution in [0.15, 0.2) is 0 Å². The Morgan fingerprint density at radius 1 is 1.17 bits per heavy atom. The Kier molecular flexibility index (Phi) is 7.51. The summed E-state index contributed by atoms with van der Waals surface area (Å²) in [6.45, 7) is 7.77. The minimum Gasteiger partial charge on any atom is -0.316 e. The first kappa shape index (κ1) is 11.9. The monoisotopic (exact) mass is 172 g/mol. The first-order chi connectivity index (χ1) is 5.70. The fourth-order valence-electron chi connectivity index (χ4n) is 1.09. The van der Waals surface area contributed by atoms with Gasteiger partial charge in [-0.15, -0.1) is 0 Å². The molecule has 0 aliphatic heterocycles. The lowest BCUT2D eigenvalue weighted by Gasteiger charge is -2.16. The molecular weight excluding hydrogens is 148 g/mol. The van der Waals surface area contributed by atoms with Crippen LogP contribution < -0.4 is 10.6 Å². The molecule has 0 aromatic rings. The Bertz CT molecular complexity index is 93.8. The molecule has 0 saturated carbocycles. The van der Waals surface area contributed by atoms with E-state index in [1.165, 1.54) is 19.3 Å². The third-order valence-electron chi connectivity index (χ3n) is 2.26. The number of hydrogen-bond acceptors (Lipinski definition) is 2. The molecule has 12 heavy (non-hydrogen) atoms. The summed E-state index contributed by atoms with van der Waals surface area (Å²) >= 11 is 0. The van der Waals surface area contributed by atoms with Gasteiger partial charge in [0.05, 0.1) is 0 Å². The lowest BCUT2D eigenvalue weighted by molar-refractivity contribution is 0.454. The van der Waals surface area contributed by atoms with E-state index in [-0.39, 0.29) is 0 Å². The molecule has 0 radical (unpaired) electrons. The largest absolute Gasteiger partial charge is 0.316 e. The molecule has 0 amide bonds. The summed E-state index contributed by atoms with van der Waals surface area (Å²) in [4.78, 5) is 0. The van der Waals surface area contributed by atoms with Gasteiger partial charge in [-0.25, -0.2) is 0 Å². The third-order valence-corrected chi connectivity index (χ3v) is 2.26. The molecule has 74 valence electrons. The average molecular weight is 172 g/mol. The SMILES string of the molecule is CCCCC(C)NCC(C)NC. The minimum absolute atomic E-state index is 0.578. The Morgan fingerprint density at radius 2 is 1.83 bits per heavy atom.